The first kappa shape index (κ1) is 15.7. The molecule has 0 bridgehead atoms. The van der Waals surface area contributed by atoms with Crippen molar-refractivity contribution in [3.63, 3.8) is 0 Å². The maximum Gasteiger partial charge on any atom is 0.221 e. The maximum atomic E-state index is 11.6. The minimum Gasteiger partial charge on any atom is -0.383 e. The van der Waals surface area contributed by atoms with Gasteiger partial charge in [-0.3, -0.25) is 4.79 Å². The van der Waals surface area contributed by atoms with Gasteiger partial charge >= 0.3 is 0 Å². The molecule has 1 heterocycles. The fourth-order valence-corrected chi connectivity index (χ4v) is 1.90. The number of halogens is 1. The van der Waals surface area contributed by atoms with E-state index in [9.17, 15) is 4.79 Å². The zero-order valence-electron chi connectivity index (χ0n) is 10.1. The van der Waals surface area contributed by atoms with Gasteiger partial charge in [-0.05, 0) is 25.8 Å². The van der Waals surface area contributed by atoms with E-state index in [1.54, 1.807) is 7.11 Å². The number of ether oxygens (including phenoxy) is 1. The van der Waals surface area contributed by atoms with Crippen molar-refractivity contribution in [3.8, 4) is 0 Å². The van der Waals surface area contributed by atoms with Gasteiger partial charge in [0.15, 0.2) is 0 Å². The molecule has 1 aliphatic rings. The summed E-state index contributed by atoms with van der Waals surface area (Å²) in [6, 6.07) is 0.536. The fraction of sp³-hybridized carbons (Fsp3) is 0.909. The van der Waals surface area contributed by atoms with Crippen molar-refractivity contribution >= 4 is 18.3 Å². The quantitative estimate of drug-likeness (QED) is 0.742. The van der Waals surface area contributed by atoms with Crippen molar-refractivity contribution in [1.82, 2.24) is 10.6 Å². The lowest BCUT2D eigenvalue weighted by molar-refractivity contribution is -0.122. The van der Waals surface area contributed by atoms with Crippen molar-refractivity contribution < 1.29 is 9.53 Å². The van der Waals surface area contributed by atoms with Crippen LogP contribution in [0.4, 0.5) is 0 Å². The highest BCUT2D eigenvalue weighted by Gasteiger charge is 2.18. The van der Waals surface area contributed by atoms with Crippen molar-refractivity contribution in [2.75, 3.05) is 20.3 Å². The van der Waals surface area contributed by atoms with Crippen LogP contribution >= 0.6 is 12.4 Å². The van der Waals surface area contributed by atoms with Crippen LogP contribution in [0.15, 0.2) is 0 Å². The third-order valence-corrected chi connectivity index (χ3v) is 2.82. The van der Waals surface area contributed by atoms with Gasteiger partial charge in [-0.25, -0.2) is 0 Å². The molecule has 0 spiro atoms. The van der Waals surface area contributed by atoms with Crippen LogP contribution in [-0.4, -0.2) is 38.3 Å². The summed E-state index contributed by atoms with van der Waals surface area (Å²) < 4.78 is 5.04. The minimum absolute atomic E-state index is 0. The van der Waals surface area contributed by atoms with Crippen molar-refractivity contribution in [2.24, 2.45) is 0 Å². The van der Waals surface area contributed by atoms with Crippen LogP contribution in [0.25, 0.3) is 0 Å². The summed E-state index contributed by atoms with van der Waals surface area (Å²) in [5.74, 6) is 0.137. The normalized spacial score (nSPS) is 21.2. The van der Waals surface area contributed by atoms with Gasteiger partial charge in [0.25, 0.3) is 0 Å². The molecular weight excluding hydrogens is 228 g/mol. The minimum atomic E-state index is 0. The molecule has 1 amide bonds. The molecule has 16 heavy (non-hydrogen) atoms. The summed E-state index contributed by atoms with van der Waals surface area (Å²) in [7, 11) is 1.66. The van der Waals surface area contributed by atoms with Crippen LogP contribution in [0.2, 0.25) is 0 Å². The number of carbonyl (C=O) groups is 1. The Kier molecular flexibility index (Phi) is 8.61. The van der Waals surface area contributed by atoms with E-state index in [0.29, 0.717) is 19.1 Å². The van der Waals surface area contributed by atoms with Crippen molar-refractivity contribution in [3.05, 3.63) is 0 Å². The van der Waals surface area contributed by atoms with Crippen LogP contribution in [-0.2, 0) is 9.53 Å². The largest absolute Gasteiger partial charge is 0.383 e. The summed E-state index contributed by atoms with van der Waals surface area (Å²) in [6.45, 7) is 3.70. The standard InChI is InChI=1S/C11H22N2O2.ClH/c1-3-9(8-15-2)13-11(14)7-10-5-4-6-12-10;/h9-10,12H,3-8H2,1-2H3,(H,13,14);1H. The fourth-order valence-electron chi connectivity index (χ4n) is 1.90. The molecule has 0 saturated carbocycles. The lowest BCUT2D eigenvalue weighted by Crippen LogP contribution is -2.40. The molecule has 2 unspecified atom stereocenters. The third kappa shape index (κ3) is 5.68. The number of carbonyl (C=O) groups excluding carboxylic acids is 1. The molecule has 0 aromatic rings. The molecule has 1 fully saturated rings. The van der Waals surface area contributed by atoms with E-state index in [0.717, 1.165) is 19.4 Å². The molecule has 2 N–H and O–H groups in total. The molecule has 0 radical (unpaired) electrons. The molecule has 4 nitrogen and oxygen atoms in total. The molecule has 1 saturated heterocycles. The van der Waals surface area contributed by atoms with E-state index in [2.05, 4.69) is 17.6 Å². The number of rotatable bonds is 6. The topological polar surface area (TPSA) is 50.4 Å². The average Bonchev–Trinajstić information content (AvgIpc) is 2.69. The molecule has 96 valence electrons. The Balaban J connectivity index is 0.00000225. The van der Waals surface area contributed by atoms with E-state index in [-0.39, 0.29) is 24.4 Å². The highest BCUT2D eigenvalue weighted by molar-refractivity contribution is 5.85. The Morgan fingerprint density at radius 1 is 1.62 bits per heavy atom. The lowest BCUT2D eigenvalue weighted by Gasteiger charge is -2.17. The number of hydrogen-bond donors (Lipinski definition) is 2. The predicted octanol–water partition coefficient (Wildman–Crippen LogP) is 1.09. The van der Waals surface area contributed by atoms with Gasteiger partial charge in [0.1, 0.15) is 0 Å². The van der Waals surface area contributed by atoms with Gasteiger partial charge in [-0.1, -0.05) is 6.92 Å². The van der Waals surface area contributed by atoms with Crippen LogP contribution in [0.3, 0.4) is 0 Å². The Hall–Kier alpha value is -0.320. The predicted molar refractivity (Wildman–Crippen MR) is 67.0 cm³/mol. The molecule has 1 rings (SSSR count). The Labute approximate surface area is 104 Å². The highest BCUT2D eigenvalue weighted by atomic mass is 35.5. The third-order valence-electron chi connectivity index (χ3n) is 2.82. The second-order valence-corrected chi connectivity index (χ2v) is 4.13. The maximum absolute atomic E-state index is 11.6. The summed E-state index contributed by atoms with van der Waals surface area (Å²) in [5, 5.41) is 6.31. The van der Waals surface area contributed by atoms with Gasteiger partial charge < -0.3 is 15.4 Å². The van der Waals surface area contributed by atoms with Crippen LogP contribution in [0, 0.1) is 0 Å². The number of nitrogens with one attached hydrogen (secondary N) is 2. The van der Waals surface area contributed by atoms with E-state index in [1.807, 2.05) is 0 Å². The summed E-state index contributed by atoms with van der Waals surface area (Å²) in [6.07, 6.45) is 3.82. The summed E-state index contributed by atoms with van der Waals surface area (Å²) in [4.78, 5) is 11.6. The van der Waals surface area contributed by atoms with Crippen LogP contribution < -0.4 is 10.6 Å². The van der Waals surface area contributed by atoms with E-state index in [4.69, 9.17) is 4.74 Å². The molecular formula is C11H23ClN2O2. The van der Waals surface area contributed by atoms with Gasteiger partial charge in [0.05, 0.1) is 12.6 Å². The van der Waals surface area contributed by atoms with E-state index < -0.39 is 0 Å². The monoisotopic (exact) mass is 250 g/mol. The molecule has 0 aromatic heterocycles. The number of methoxy groups -OCH3 is 1. The van der Waals surface area contributed by atoms with Gasteiger partial charge in [0.2, 0.25) is 5.91 Å². The number of hydrogen-bond acceptors (Lipinski definition) is 3. The smallest absolute Gasteiger partial charge is 0.221 e. The second kappa shape index (κ2) is 8.79. The van der Waals surface area contributed by atoms with Crippen LogP contribution in [0.5, 0.6) is 0 Å². The Bertz CT molecular complexity index is 196. The summed E-state index contributed by atoms with van der Waals surface area (Å²) >= 11 is 0. The zero-order chi connectivity index (χ0) is 11.1. The Morgan fingerprint density at radius 2 is 2.38 bits per heavy atom. The van der Waals surface area contributed by atoms with Crippen molar-refractivity contribution in [2.45, 2.75) is 44.7 Å². The van der Waals surface area contributed by atoms with Gasteiger partial charge in [0, 0.05) is 19.6 Å². The molecule has 1 aliphatic heterocycles. The van der Waals surface area contributed by atoms with Gasteiger partial charge in [-0.15, -0.1) is 12.4 Å². The molecule has 5 heteroatoms. The first-order chi connectivity index (χ1) is 7.26. The Morgan fingerprint density at radius 3 is 2.88 bits per heavy atom. The summed E-state index contributed by atoms with van der Waals surface area (Å²) in [5.41, 5.74) is 0. The first-order valence-corrected chi connectivity index (χ1v) is 5.78. The average molecular weight is 251 g/mol. The molecule has 0 aromatic carbocycles. The lowest BCUT2D eigenvalue weighted by atomic mass is 10.1. The number of amides is 1. The molecule has 0 aliphatic carbocycles. The highest BCUT2D eigenvalue weighted by Crippen LogP contribution is 2.08. The van der Waals surface area contributed by atoms with Crippen LogP contribution in [0.1, 0.15) is 32.6 Å². The van der Waals surface area contributed by atoms with E-state index >= 15 is 0 Å². The zero-order valence-corrected chi connectivity index (χ0v) is 10.9. The van der Waals surface area contributed by atoms with E-state index in [1.165, 1.54) is 6.42 Å². The van der Waals surface area contributed by atoms with Gasteiger partial charge in [-0.2, -0.15) is 0 Å². The SMILES string of the molecule is CCC(COC)NC(=O)CC1CCCN1.Cl. The second-order valence-electron chi connectivity index (χ2n) is 4.13. The molecule has 2 atom stereocenters. The van der Waals surface area contributed by atoms with Crippen molar-refractivity contribution in [1.29, 1.82) is 0 Å². The first-order valence-electron chi connectivity index (χ1n) is 5.78.